The predicted molar refractivity (Wildman–Crippen MR) is 87.3 cm³/mol. The molecule has 2 aromatic carbocycles. The Labute approximate surface area is 140 Å². The van der Waals surface area contributed by atoms with Crippen LogP contribution in [0.15, 0.2) is 57.7 Å². The molecule has 0 aliphatic rings. The number of fused-ring (bicyclic) bond motifs is 1. The number of nitrogens with one attached hydrogen (secondary N) is 1. The summed E-state index contributed by atoms with van der Waals surface area (Å²) in [5.74, 6) is -0.478. The molecule has 0 aliphatic carbocycles. The van der Waals surface area contributed by atoms with Crippen molar-refractivity contribution < 1.29 is 22.4 Å². The quantitative estimate of drug-likeness (QED) is 0.575. The Morgan fingerprint density at radius 2 is 1.72 bits per heavy atom. The van der Waals surface area contributed by atoms with Gasteiger partial charge in [0, 0.05) is 28.8 Å². The van der Waals surface area contributed by atoms with Gasteiger partial charge in [-0.15, -0.1) is 0 Å². The average Bonchev–Trinajstić information content (AvgIpc) is 2.53. The number of carbonyl (C=O) groups is 1. The van der Waals surface area contributed by atoms with E-state index in [1.165, 1.54) is 24.3 Å². The van der Waals surface area contributed by atoms with E-state index in [1.807, 2.05) is 0 Å². The highest BCUT2D eigenvalue weighted by Crippen LogP contribution is 2.34. The fraction of sp³-hybridized carbons (Fsp3) is 0.0588. The molecule has 0 aliphatic heterocycles. The van der Waals surface area contributed by atoms with Crippen molar-refractivity contribution >= 4 is 35.9 Å². The van der Waals surface area contributed by atoms with Crippen molar-refractivity contribution in [1.82, 2.24) is 0 Å². The highest BCUT2D eigenvalue weighted by molar-refractivity contribution is 6.32. The number of hydrogen-bond acceptors (Lipinski definition) is 3. The van der Waals surface area contributed by atoms with Gasteiger partial charge in [-0.05, 0) is 12.1 Å². The third kappa shape index (κ3) is 3.57. The van der Waals surface area contributed by atoms with Crippen molar-refractivity contribution in [2.75, 3.05) is 5.32 Å². The van der Waals surface area contributed by atoms with Crippen LogP contribution in [0.5, 0.6) is 0 Å². The highest BCUT2D eigenvalue weighted by Gasteiger charge is 2.33. The lowest BCUT2D eigenvalue weighted by atomic mass is 9.95. The molecule has 3 rings (SSSR count). The Balaban J connectivity index is 1.97. The Morgan fingerprint density at radius 3 is 2.36 bits per heavy atom. The Morgan fingerprint density at radius 1 is 1.04 bits per heavy atom. The molecule has 0 unspecified atom stereocenters. The molecule has 0 atom stereocenters. The van der Waals surface area contributed by atoms with Crippen molar-refractivity contribution in [3.05, 3.63) is 70.1 Å². The van der Waals surface area contributed by atoms with Crippen LogP contribution in [0.3, 0.4) is 0 Å². The van der Waals surface area contributed by atoms with Crippen LogP contribution in [0.25, 0.3) is 11.0 Å². The number of carbonyl (C=O) groups excluding carboxylic acids is 1. The zero-order chi connectivity index (χ0) is 18.2. The molecule has 8 heteroatoms. The fourth-order valence-corrected chi connectivity index (χ4v) is 2.31. The van der Waals surface area contributed by atoms with Gasteiger partial charge in [-0.2, -0.15) is 13.2 Å². The van der Waals surface area contributed by atoms with Crippen molar-refractivity contribution in [3.8, 4) is 0 Å². The molecule has 2 radical (unpaired) electrons. The van der Waals surface area contributed by atoms with Crippen LogP contribution in [-0.4, -0.2) is 13.8 Å². The monoisotopic (exact) mass is 343 g/mol. The largest absolute Gasteiger partial charge is 0.423 e. The summed E-state index contributed by atoms with van der Waals surface area (Å²) in [6.45, 7) is 0. The van der Waals surface area contributed by atoms with Crippen LogP contribution in [0.1, 0.15) is 15.9 Å². The molecule has 0 spiro atoms. The number of rotatable bonds is 2. The Kier molecular flexibility index (Phi) is 4.12. The molecule has 4 nitrogen and oxygen atoms in total. The summed E-state index contributed by atoms with van der Waals surface area (Å²) in [4.78, 5) is 23.5. The molecule has 0 fully saturated rings. The van der Waals surface area contributed by atoms with Crippen molar-refractivity contribution in [1.29, 1.82) is 0 Å². The van der Waals surface area contributed by atoms with E-state index in [1.54, 1.807) is 12.1 Å². The lowest BCUT2D eigenvalue weighted by Crippen LogP contribution is -2.14. The van der Waals surface area contributed by atoms with E-state index in [9.17, 15) is 22.8 Å². The zero-order valence-electron chi connectivity index (χ0n) is 12.6. The van der Waals surface area contributed by atoms with Gasteiger partial charge >= 0.3 is 11.8 Å². The molecule has 1 amide bonds. The summed E-state index contributed by atoms with van der Waals surface area (Å²) in [5.41, 5.74) is -1.48. The standard InChI is InChI=1S/C17H9BF3NO3/c18-10-3-1-9(2-4-10)16(24)22-11-5-6-12-13(17(19,20)21)8-15(23)25-14(12)7-11/h1-8H,(H,22,24). The van der Waals surface area contributed by atoms with Crippen LogP contribution < -0.4 is 16.4 Å². The van der Waals surface area contributed by atoms with Gasteiger partial charge < -0.3 is 9.73 Å². The number of anilines is 1. The minimum atomic E-state index is -4.69. The van der Waals surface area contributed by atoms with Crippen LogP contribution in [0.4, 0.5) is 18.9 Å². The molecule has 0 saturated heterocycles. The molecule has 0 saturated carbocycles. The van der Waals surface area contributed by atoms with E-state index in [0.717, 1.165) is 6.07 Å². The fourth-order valence-electron chi connectivity index (χ4n) is 2.31. The van der Waals surface area contributed by atoms with Crippen LogP contribution in [0.2, 0.25) is 0 Å². The molecule has 3 aromatic rings. The second kappa shape index (κ2) is 6.12. The summed E-state index contributed by atoms with van der Waals surface area (Å²) in [6, 6.07) is 10.1. The van der Waals surface area contributed by atoms with Gasteiger partial charge in [0.2, 0.25) is 0 Å². The normalized spacial score (nSPS) is 11.5. The lowest BCUT2D eigenvalue weighted by Gasteiger charge is -2.10. The number of amides is 1. The average molecular weight is 343 g/mol. The maximum absolute atomic E-state index is 13.0. The minimum Gasteiger partial charge on any atom is -0.423 e. The van der Waals surface area contributed by atoms with E-state index in [-0.39, 0.29) is 16.7 Å². The molecule has 1 N–H and O–H groups in total. The Hall–Kier alpha value is -3.03. The first-order valence-electron chi connectivity index (χ1n) is 7.06. The maximum atomic E-state index is 13.0. The summed E-state index contributed by atoms with van der Waals surface area (Å²) in [5, 5.41) is 2.26. The molecule has 124 valence electrons. The third-order valence-electron chi connectivity index (χ3n) is 3.48. The summed E-state index contributed by atoms with van der Waals surface area (Å²) in [7, 11) is 5.54. The first kappa shape index (κ1) is 16.8. The molecule has 25 heavy (non-hydrogen) atoms. The minimum absolute atomic E-state index is 0.191. The van der Waals surface area contributed by atoms with Gasteiger partial charge in [-0.1, -0.05) is 29.7 Å². The van der Waals surface area contributed by atoms with Crippen LogP contribution in [-0.2, 0) is 6.18 Å². The third-order valence-corrected chi connectivity index (χ3v) is 3.48. The second-order valence-corrected chi connectivity index (χ2v) is 5.26. The van der Waals surface area contributed by atoms with Gasteiger partial charge in [-0.25, -0.2) is 4.79 Å². The summed E-state index contributed by atoms with van der Waals surface area (Å²) in [6.07, 6.45) is -4.69. The molecule has 1 aromatic heterocycles. The van der Waals surface area contributed by atoms with Gasteiger partial charge in [0.15, 0.2) is 0 Å². The van der Waals surface area contributed by atoms with Gasteiger partial charge in [0.05, 0.1) is 5.56 Å². The number of benzene rings is 2. The van der Waals surface area contributed by atoms with E-state index in [0.29, 0.717) is 17.1 Å². The first-order valence-corrected chi connectivity index (χ1v) is 7.06. The maximum Gasteiger partial charge on any atom is 0.417 e. The van der Waals surface area contributed by atoms with E-state index in [2.05, 4.69) is 5.32 Å². The van der Waals surface area contributed by atoms with Crippen molar-refractivity contribution in [3.63, 3.8) is 0 Å². The number of hydrogen-bond donors (Lipinski definition) is 1. The van der Waals surface area contributed by atoms with Gasteiger partial charge in [-0.3, -0.25) is 4.79 Å². The zero-order valence-corrected chi connectivity index (χ0v) is 12.6. The second-order valence-electron chi connectivity index (χ2n) is 5.26. The van der Waals surface area contributed by atoms with Gasteiger partial charge in [0.1, 0.15) is 13.4 Å². The van der Waals surface area contributed by atoms with Crippen LogP contribution in [0, 0.1) is 0 Å². The molecular formula is C17H9BF3NO3. The summed E-state index contributed by atoms with van der Waals surface area (Å²) >= 11 is 0. The van der Waals surface area contributed by atoms with Gasteiger partial charge in [0.25, 0.3) is 5.91 Å². The van der Waals surface area contributed by atoms with E-state index < -0.39 is 23.3 Å². The number of halogens is 3. The van der Waals surface area contributed by atoms with E-state index in [4.69, 9.17) is 12.3 Å². The first-order chi connectivity index (χ1) is 11.7. The summed E-state index contributed by atoms with van der Waals surface area (Å²) < 4.78 is 43.8. The molecule has 1 heterocycles. The van der Waals surface area contributed by atoms with Crippen molar-refractivity contribution in [2.45, 2.75) is 6.18 Å². The predicted octanol–water partition coefficient (Wildman–Crippen LogP) is 2.86. The Bertz CT molecular complexity index is 1010. The lowest BCUT2D eigenvalue weighted by molar-refractivity contribution is -0.136. The highest BCUT2D eigenvalue weighted by atomic mass is 19.4. The van der Waals surface area contributed by atoms with Crippen LogP contribution >= 0.6 is 0 Å². The van der Waals surface area contributed by atoms with E-state index >= 15 is 0 Å². The molecular weight excluding hydrogens is 334 g/mol. The SMILES string of the molecule is [B]c1ccc(C(=O)Nc2ccc3c(C(F)(F)F)cc(=O)oc3c2)cc1. The topological polar surface area (TPSA) is 59.3 Å². The number of alkyl halides is 3. The smallest absolute Gasteiger partial charge is 0.417 e. The molecule has 0 bridgehead atoms. The van der Waals surface area contributed by atoms with Crippen molar-refractivity contribution in [2.24, 2.45) is 0 Å².